The summed E-state index contributed by atoms with van der Waals surface area (Å²) in [6.07, 6.45) is 0. The highest BCUT2D eigenvalue weighted by Gasteiger charge is 2.24. The highest BCUT2D eigenvalue weighted by atomic mass is 35.5. The van der Waals surface area contributed by atoms with Crippen molar-refractivity contribution in [3.63, 3.8) is 0 Å². The summed E-state index contributed by atoms with van der Waals surface area (Å²) in [4.78, 5) is 0. The van der Waals surface area contributed by atoms with E-state index >= 15 is 0 Å². The van der Waals surface area contributed by atoms with E-state index in [9.17, 15) is 0 Å². The maximum atomic E-state index is 6.18. The molecule has 2 N–H and O–H groups in total. The fraction of sp³-hybridized carbons (Fsp3) is 0.250. The first-order valence-electron chi connectivity index (χ1n) is 6.61. The van der Waals surface area contributed by atoms with Gasteiger partial charge in [-0.25, -0.2) is 0 Å². The molecular weight excluding hydrogens is 274 g/mol. The van der Waals surface area contributed by atoms with E-state index in [4.69, 9.17) is 26.8 Å². The smallest absolute Gasteiger partial charge is 0.137 e. The van der Waals surface area contributed by atoms with Gasteiger partial charge in [0.2, 0.25) is 0 Å². The van der Waals surface area contributed by atoms with Gasteiger partial charge in [-0.1, -0.05) is 35.9 Å². The van der Waals surface area contributed by atoms with Crippen LogP contribution < -0.4 is 15.2 Å². The first kappa shape index (κ1) is 13.3. The lowest BCUT2D eigenvalue weighted by atomic mass is 10.0. The molecular formula is C16H16ClNO2. The molecule has 1 aliphatic rings. The largest absolute Gasteiger partial charge is 0.493 e. The third-order valence-electron chi connectivity index (χ3n) is 3.47. The molecule has 1 unspecified atom stereocenters. The SMILES string of the molecule is NCc1ccc(OCC2COc3ccccc32)c(Cl)c1. The average molecular weight is 290 g/mol. The van der Waals surface area contributed by atoms with Crippen LogP contribution in [0.3, 0.4) is 0 Å². The predicted octanol–water partition coefficient (Wildman–Crippen LogP) is 3.35. The number of hydrogen-bond acceptors (Lipinski definition) is 3. The molecule has 3 rings (SSSR count). The van der Waals surface area contributed by atoms with E-state index in [-0.39, 0.29) is 5.92 Å². The van der Waals surface area contributed by atoms with Gasteiger partial charge in [-0.2, -0.15) is 0 Å². The van der Waals surface area contributed by atoms with Crippen molar-refractivity contribution >= 4 is 11.6 Å². The predicted molar refractivity (Wildman–Crippen MR) is 79.5 cm³/mol. The van der Waals surface area contributed by atoms with E-state index in [1.807, 2.05) is 36.4 Å². The van der Waals surface area contributed by atoms with E-state index < -0.39 is 0 Å². The Labute approximate surface area is 123 Å². The van der Waals surface area contributed by atoms with Crippen molar-refractivity contribution in [2.45, 2.75) is 12.5 Å². The van der Waals surface area contributed by atoms with Gasteiger partial charge in [0, 0.05) is 12.1 Å². The van der Waals surface area contributed by atoms with Crippen LogP contribution in [-0.4, -0.2) is 13.2 Å². The molecule has 2 aromatic rings. The second kappa shape index (κ2) is 5.73. The van der Waals surface area contributed by atoms with Crippen LogP contribution >= 0.6 is 11.6 Å². The van der Waals surface area contributed by atoms with Crippen molar-refractivity contribution in [3.8, 4) is 11.5 Å². The molecule has 0 saturated heterocycles. The quantitative estimate of drug-likeness (QED) is 0.939. The summed E-state index contributed by atoms with van der Waals surface area (Å²) in [7, 11) is 0. The fourth-order valence-electron chi connectivity index (χ4n) is 2.35. The number of fused-ring (bicyclic) bond motifs is 1. The topological polar surface area (TPSA) is 44.5 Å². The lowest BCUT2D eigenvalue weighted by Gasteiger charge is -2.13. The monoisotopic (exact) mass is 289 g/mol. The Hall–Kier alpha value is -1.71. The van der Waals surface area contributed by atoms with Crippen LogP contribution in [0.5, 0.6) is 11.5 Å². The number of nitrogens with two attached hydrogens (primary N) is 1. The number of rotatable bonds is 4. The summed E-state index contributed by atoms with van der Waals surface area (Å²) in [6.45, 7) is 1.68. The molecule has 0 amide bonds. The first-order chi connectivity index (χ1) is 9.78. The van der Waals surface area contributed by atoms with Gasteiger partial charge in [-0.05, 0) is 23.8 Å². The molecule has 0 saturated carbocycles. The third kappa shape index (κ3) is 2.60. The van der Waals surface area contributed by atoms with E-state index in [0.717, 1.165) is 11.3 Å². The van der Waals surface area contributed by atoms with Crippen molar-refractivity contribution in [2.24, 2.45) is 5.73 Å². The molecule has 0 fully saturated rings. The highest BCUT2D eigenvalue weighted by Crippen LogP contribution is 2.34. The van der Waals surface area contributed by atoms with Gasteiger partial charge < -0.3 is 15.2 Å². The normalized spacial score (nSPS) is 16.6. The zero-order chi connectivity index (χ0) is 13.9. The first-order valence-corrected chi connectivity index (χ1v) is 6.98. The van der Waals surface area contributed by atoms with Crippen molar-refractivity contribution in [1.29, 1.82) is 0 Å². The van der Waals surface area contributed by atoms with Crippen LogP contribution in [0.2, 0.25) is 5.02 Å². The highest BCUT2D eigenvalue weighted by molar-refractivity contribution is 6.32. The Morgan fingerprint density at radius 2 is 2.10 bits per heavy atom. The molecule has 104 valence electrons. The van der Waals surface area contributed by atoms with E-state index in [0.29, 0.717) is 30.5 Å². The van der Waals surface area contributed by atoms with Crippen LogP contribution in [0.15, 0.2) is 42.5 Å². The Morgan fingerprint density at radius 1 is 1.25 bits per heavy atom. The van der Waals surface area contributed by atoms with Crippen molar-refractivity contribution in [3.05, 3.63) is 58.6 Å². The van der Waals surface area contributed by atoms with E-state index in [1.165, 1.54) is 5.56 Å². The van der Waals surface area contributed by atoms with Gasteiger partial charge >= 0.3 is 0 Å². The minimum Gasteiger partial charge on any atom is -0.493 e. The molecule has 4 heteroatoms. The molecule has 0 bridgehead atoms. The maximum Gasteiger partial charge on any atom is 0.137 e. The van der Waals surface area contributed by atoms with Crippen LogP contribution in [-0.2, 0) is 6.54 Å². The van der Waals surface area contributed by atoms with Gasteiger partial charge in [0.25, 0.3) is 0 Å². The van der Waals surface area contributed by atoms with Crippen molar-refractivity contribution in [2.75, 3.05) is 13.2 Å². The van der Waals surface area contributed by atoms with Crippen LogP contribution in [0.25, 0.3) is 0 Å². The van der Waals surface area contributed by atoms with Crippen LogP contribution in [0.4, 0.5) is 0 Å². The van der Waals surface area contributed by atoms with Gasteiger partial charge in [-0.3, -0.25) is 0 Å². The van der Waals surface area contributed by atoms with Crippen molar-refractivity contribution < 1.29 is 9.47 Å². The Bertz CT molecular complexity index is 615. The summed E-state index contributed by atoms with van der Waals surface area (Å²) in [5.74, 6) is 1.88. The Balaban J connectivity index is 1.69. The third-order valence-corrected chi connectivity index (χ3v) is 3.77. The zero-order valence-corrected chi connectivity index (χ0v) is 11.8. The number of benzene rings is 2. The van der Waals surface area contributed by atoms with Gasteiger partial charge in [0.1, 0.15) is 11.5 Å². The second-order valence-corrected chi connectivity index (χ2v) is 5.23. The van der Waals surface area contributed by atoms with Crippen molar-refractivity contribution in [1.82, 2.24) is 0 Å². The standard InChI is InChI=1S/C16H16ClNO2/c17-14-7-11(8-18)5-6-16(14)20-10-12-9-19-15-4-2-1-3-13(12)15/h1-7,12H,8-10,18H2. The summed E-state index contributed by atoms with van der Waals surface area (Å²) in [5.41, 5.74) is 7.77. The molecule has 1 atom stereocenters. The number of hydrogen-bond donors (Lipinski definition) is 1. The van der Waals surface area contributed by atoms with Gasteiger partial charge in [-0.15, -0.1) is 0 Å². The zero-order valence-electron chi connectivity index (χ0n) is 11.0. The van der Waals surface area contributed by atoms with Crippen LogP contribution in [0.1, 0.15) is 17.0 Å². The molecule has 20 heavy (non-hydrogen) atoms. The lowest BCUT2D eigenvalue weighted by Crippen LogP contribution is -2.12. The summed E-state index contributed by atoms with van der Waals surface area (Å²) in [5, 5.41) is 0.597. The Morgan fingerprint density at radius 3 is 2.90 bits per heavy atom. The lowest BCUT2D eigenvalue weighted by molar-refractivity contribution is 0.248. The maximum absolute atomic E-state index is 6.18. The molecule has 0 aromatic heterocycles. The molecule has 3 nitrogen and oxygen atoms in total. The molecule has 0 aliphatic carbocycles. The van der Waals surface area contributed by atoms with Gasteiger partial charge in [0.15, 0.2) is 0 Å². The fourth-order valence-corrected chi connectivity index (χ4v) is 2.60. The molecule has 1 aliphatic heterocycles. The summed E-state index contributed by atoms with van der Waals surface area (Å²) >= 11 is 6.18. The number of halogens is 1. The van der Waals surface area contributed by atoms with Crippen LogP contribution in [0, 0.1) is 0 Å². The number of ether oxygens (including phenoxy) is 2. The second-order valence-electron chi connectivity index (χ2n) is 4.83. The van der Waals surface area contributed by atoms with E-state index in [1.54, 1.807) is 0 Å². The minimum absolute atomic E-state index is 0.247. The average Bonchev–Trinajstić information content (AvgIpc) is 2.89. The molecule has 2 aromatic carbocycles. The Kier molecular flexibility index (Phi) is 3.81. The summed E-state index contributed by atoms with van der Waals surface area (Å²) < 4.78 is 11.5. The van der Waals surface area contributed by atoms with E-state index in [2.05, 4.69) is 6.07 Å². The summed E-state index contributed by atoms with van der Waals surface area (Å²) in [6, 6.07) is 13.7. The minimum atomic E-state index is 0.247. The number of para-hydroxylation sites is 1. The molecule has 1 heterocycles. The van der Waals surface area contributed by atoms with Gasteiger partial charge in [0.05, 0.1) is 24.2 Å². The molecule has 0 spiro atoms. The molecule has 0 radical (unpaired) electrons.